The molecule has 25 heavy (non-hydrogen) atoms. The number of rotatable bonds is 6. The molecule has 0 amide bonds. The Bertz CT molecular complexity index is 770. The molecule has 0 N–H and O–H groups in total. The van der Waals surface area contributed by atoms with Crippen molar-refractivity contribution in [2.24, 2.45) is 5.92 Å². The fourth-order valence-electron chi connectivity index (χ4n) is 2.23. The molecular formula is C20H22O5. The molecule has 0 radical (unpaired) electrons. The van der Waals surface area contributed by atoms with Crippen molar-refractivity contribution in [3.63, 3.8) is 0 Å². The van der Waals surface area contributed by atoms with E-state index in [0.717, 1.165) is 5.57 Å². The summed E-state index contributed by atoms with van der Waals surface area (Å²) in [5, 5.41) is 0. The molecule has 1 aliphatic carbocycles. The Morgan fingerprint density at radius 1 is 1.24 bits per heavy atom. The topological polar surface area (TPSA) is 73.6 Å². The monoisotopic (exact) mass is 342 g/mol. The summed E-state index contributed by atoms with van der Waals surface area (Å²) in [6.45, 7) is 7.46. The van der Waals surface area contributed by atoms with Crippen molar-refractivity contribution in [1.29, 1.82) is 0 Å². The summed E-state index contributed by atoms with van der Waals surface area (Å²) < 4.78 is 11.0. The first-order chi connectivity index (χ1) is 11.8. The van der Waals surface area contributed by atoms with Gasteiger partial charge in [0.2, 0.25) is 0 Å². The van der Waals surface area contributed by atoms with Crippen LogP contribution in [-0.2, 0) is 19.1 Å². The summed E-state index contributed by atoms with van der Waals surface area (Å²) in [4.78, 5) is 35.4. The Kier molecular flexibility index (Phi) is 5.91. The van der Waals surface area contributed by atoms with Crippen molar-refractivity contribution < 1.29 is 23.5 Å². The maximum Gasteiger partial charge on any atom is 0.308 e. The molecule has 1 aromatic rings. The number of allylic oxidation sites excluding steroid dienone is 5. The van der Waals surface area contributed by atoms with E-state index in [1.54, 1.807) is 19.9 Å². The van der Waals surface area contributed by atoms with Gasteiger partial charge in [-0.25, -0.2) is 0 Å². The SMILES string of the molecule is CC(C)=CCC(OC(=O)C(C)C)c1coc(C2=CC(=O)C=CC2=O)c1. The lowest BCUT2D eigenvalue weighted by molar-refractivity contribution is -0.153. The summed E-state index contributed by atoms with van der Waals surface area (Å²) in [6, 6.07) is 1.65. The van der Waals surface area contributed by atoms with E-state index in [2.05, 4.69) is 0 Å². The van der Waals surface area contributed by atoms with Crippen molar-refractivity contribution in [2.45, 2.75) is 40.2 Å². The first-order valence-corrected chi connectivity index (χ1v) is 8.18. The van der Waals surface area contributed by atoms with Gasteiger partial charge in [-0.05, 0) is 32.1 Å². The lowest BCUT2D eigenvalue weighted by atomic mass is 10.00. The number of carbonyl (C=O) groups is 3. The molecule has 0 fully saturated rings. The van der Waals surface area contributed by atoms with E-state index < -0.39 is 6.10 Å². The predicted molar refractivity (Wildman–Crippen MR) is 93.6 cm³/mol. The third kappa shape index (κ3) is 4.89. The van der Waals surface area contributed by atoms with Crippen LogP contribution in [0.15, 0.2) is 46.6 Å². The molecule has 1 heterocycles. The van der Waals surface area contributed by atoms with Crippen molar-refractivity contribution in [2.75, 3.05) is 0 Å². The smallest absolute Gasteiger partial charge is 0.308 e. The zero-order valence-corrected chi connectivity index (χ0v) is 14.9. The molecular weight excluding hydrogens is 320 g/mol. The molecule has 1 atom stereocenters. The normalized spacial score (nSPS) is 15.2. The predicted octanol–water partition coefficient (Wildman–Crippen LogP) is 3.97. The van der Waals surface area contributed by atoms with Gasteiger partial charge in [0.25, 0.3) is 0 Å². The van der Waals surface area contributed by atoms with Crippen molar-refractivity contribution in [1.82, 2.24) is 0 Å². The first kappa shape index (κ1) is 18.6. The van der Waals surface area contributed by atoms with Gasteiger partial charge in [-0.2, -0.15) is 0 Å². The van der Waals surface area contributed by atoms with Crippen LogP contribution in [0.2, 0.25) is 0 Å². The second kappa shape index (κ2) is 7.92. The van der Waals surface area contributed by atoms with Crippen molar-refractivity contribution in [3.8, 4) is 0 Å². The standard InChI is InChI=1S/C20H22O5/c1-12(2)5-8-18(25-20(23)13(3)4)14-9-19(24-11-14)16-10-15(21)6-7-17(16)22/h5-7,9-11,13,18H,8H2,1-4H3. The largest absolute Gasteiger partial charge is 0.464 e. The highest BCUT2D eigenvalue weighted by molar-refractivity contribution is 6.33. The molecule has 132 valence electrons. The number of hydrogen-bond donors (Lipinski definition) is 0. The molecule has 5 nitrogen and oxygen atoms in total. The van der Waals surface area contributed by atoms with Crippen LogP contribution < -0.4 is 0 Å². The third-order valence-corrected chi connectivity index (χ3v) is 3.68. The van der Waals surface area contributed by atoms with Crippen LogP contribution >= 0.6 is 0 Å². The van der Waals surface area contributed by atoms with E-state index in [4.69, 9.17) is 9.15 Å². The summed E-state index contributed by atoms with van der Waals surface area (Å²) in [7, 11) is 0. The van der Waals surface area contributed by atoms with Gasteiger partial charge >= 0.3 is 5.97 Å². The Morgan fingerprint density at radius 2 is 1.96 bits per heavy atom. The highest BCUT2D eigenvalue weighted by Crippen LogP contribution is 2.29. The van der Waals surface area contributed by atoms with E-state index in [-0.39, 0.29) is 29.0 Å². The molecule has 0 bridgehead atoms. The summed E-state index contributed by atoms with van der Waals surface area (Å²) in [5.41, 5.74) is 1.96. The van der Waals surface area contributed by atoms with E-state index in [9.17, 15) is 14.4 Å². The highest BCUT2D eigenvalue weighted by atomic mass is 16.5. The fourth-order valence-corrected chi connectivity index (χ4v) is 2.23. The average molecular weight is 342 g/mol. The van der Waals surface area contributed by atoms with Gasteiger partial charge in [0.05, 0.1) is 17.8 Å². The molecule has 5 heteroatoms. The van der Waals surface area contributed by atoms with Gasteiger partial charge in [-0.15, -0.1) is 0 Å². The molecule has 0 saturated heterocycles. The number of furan rings is 1. The fraction of sp³-hybridized carbons (Fsp3) is 0.350. The van der Waals surface area contributed by atoms with E-state index in [1.165, 1.54) is 24.5 Å². The maximum absolute atomic E-state index is 12.0. The second-order valence-electron chi connectivity index (χ2n) is 6.50. The summed E-state index contributed by atoms with van der Waals surface area (Å²) >= 11 is 0. The van der Waals surface area contributed by atoms with Gasteiger partial charge in [0, 0.05) is 18.1 Å². The first-order valence-electron chi connectivity index (χ1n) is 8.18. The summed E-state index contributed by atoms with van der Waals surface area (Å²) in [5.74, 6) is -0.812. The molecule has 0 aliphatic heterocycles. The van der Waals surface area contributed by atoms with E-state index in [0.29, 0.717) is 17.7 Å². The molecule has 1 aliphatic rings. The van der Waals surface area contributed by atoms with Crippen LogP contribution in [-0.4, -0.2) is 17.5 Å². The maximum atomic E-state index is 12.0. The van der Waals surface area contributed by atoms with Crippen LogP contribution in [0.1, 0.15) is 51.5 Å². The Morgan fingerprint density at radius 3 is 2.60 bits per heavy atom. The molecule has 1 aromatic heterocycles. The molecule has 0 aromatic carbocycles. The minimum absolute atomic E-state index is 0.204. The van der Waals surface area contributed by atoms with Crippen LogP contribution in [0, 0.1) is 5.92 Å². The Hall–Kier alpha value is -2.69. The van der Waals surface area contributed by atoms with Gasteiger partial charge < -0.3 is 9.15 Å². The zero-order chi connectivity index (χ0) is 18.6. The lowest BCUT2D eigenvalue weighted by Crippen LogP contribution is -2.15. The van der Waals surface area contributed by atoms with E-state index >= 15 is 0 Å². The highest BCUT2D eigenvalue weighted by Gasteiger charge is 2.23. The van der Waals surface area contributed by atoms with Gasteiger partial charge in [0.1, 0.15) is 11.9 Å². The number of carbonyl (C=O) groups excluding carboxylic acids is 3. The number of ketones is 2. The number of esters is 1. The minimum atomic E-state index is -0.507. The van der Waals surface area contributed by atoms with Gasteiger partial charge in [-0.3, -0.25) is 14.4 Å². The quantitative estimate of drug-likeness (QED) is 0.444. The minimum Gasteiger partial charge on any atom is -0.464 e. The second-order valence-corrected chi connectivity index (χ2v) is 6.50. The number of hydrogen-bond acceptors (Lipinski definition) is 5. The molecule has 1 unspecified atom stereocenters. The average Bonchev–Trinajstić information content (AvgIpc) is 3.02. The zero-order valence-electron chi connectivity index (χ0n) is 14.9. The van der Waals surface area contributed by atoms with Crippen LogP contribution in [0.5, 0.6) is 0 Å². The molecule has 2 rings (SSSR count). The number of ether oxygens (including phenoxy) is 1. The molecule has 0 spiro atoms. The van der Waals surface area contributed by atoms with Gasteiger partial charge in [-0.1, -0.05) is 25.5 Å². The Balaban J connectivity index is 2.28. The third-order valence-electron chi connectivity index (χ3n) is 3.68. The van der Waals surface area contributed by atoms with Crippen LogP contribution in [0.25, 0.3) is 5.57 Å². The lowest BCUT2D eigenvalue weighted by Gasteiger charge is -2.16. The molecule has 0 saturated carbocycles. The van der Waals surface area contributed by atoms with Crippen LogP contribution in [0.4, 0.5) is 0 Å². The van der Waals surface area contributed by atoms with Crippen molar-refractivity contribution >= 4 is 23.1 Å². The van der Waals surface area contributed by atoms with Gasteiger partial charge in [0.15, 0.2) is 11.6 Å². The van der Waals surface area contributed by atoms with Crippen molar-refractivity contribution in [3.05, 3.63) is 53.5 Å². The van der Waals surface area contributed by atoms with E-state index in [1.807, 2.05) is 19.9 Å². The Labute approximate surface area is 147 Å². The summed E-state index contributed by atoms with van der Waals surface area (Å²) in [6.07, 6.45) is 7.12. The van der Waals surface area contributed by atoms with Crippen LogP contribution in [0.3, 0.4) is 0 Å².